The summed E-state index contributed by atoms with van der Waals surface area (Å²) in [5.41, 5.74) is 2.37. The molecule has 0 radical (unpaired) electrons. The van der Waals surface area contributed by atoms with Crippen LogP contribution in [0.25, 0.3) is 0 Å². The van der Waals surface area contributed by atoms with Crippen LogP contribution in [0.15, 0.2) is 24.3 Å². The molecule has 3 N–H and O–H groups in total. The number of aliphatic hydroxyl groups excluding tert-OH is 1. The molecule has 3 rings (SSSR count). The summed E-state index contributed by atoms with van der Waals surface area (Å²) in [6.07, 6.45) is 5.54. The smallest absolute Gasteiger partial charge is 0.315 e. The fourth-order valence-corrected chi connectivity index (χ4v) is 3.19. The van der Waals surface area contributed by atoms with Gasteiger partial charge in [0.1, 0.15) is 0 Å². The number of carbonyl (C=O) groups is 1. The Labute approximate surface area is 138 Å². The van der Waals surface area contributed by atoms with Gasteiger partial charge in [0.15, 0.2) is 0 Å². The van der Waals surface area contributed by atoms with Crippen molar-refractivity contribution in [3.63, 3.8) is 0 Å². The zero-order valence-corrected chi connectivity index (χ0v) is 13.6. The van der Waals surface area contributed by atoms with Crippen molar-refractivity contribution in [3.05, 3.63) is 29.8 Å². The van der Waals surface area contributed by atoms with Crippen molar-refractivity contribution in [1.29, 1.82) is 0 Å². The molecule has 1 saturated heterocycles. The van der Waals surface area contributed by atoms with Gasteiger partial charge >= 0.3 is 6.03 Å². The van der Waals surface area contributed by atoms with Crippen LogP contribution < -0.4 is 15.5 Å². The number of urea groups is 1. The lowest BCUT2D eigenvalue weighted by Gasteiger charge is -2.30. The molecule has 1 heterocycles. The highest BCUT2D eigenvalue weighted by molar-refractivity contribution is 5.74. The van der Waals surface area contributed by atoms with Crippen LogP contribution >= 0.6 is 0 Å². The van der Waals surface area contributed by atoms with E-state index in [1.165, 1.54) is 24.9 Å². The minimum absolute atomic E-state index is 0.210. The molecule has 126 valence electrons. The molecule has 5 nitrogen and oxygen atoms in total. The first kappa shape index (κ1) is 16.1. The lowest BCUT2D eigenvalue weighted by molar-refractivity contribution is 0.149. The van der Waals surface area contributed by atoms with Gasteiger partial charge in [-0.05, 0) is 49.7 Å². The minimum Gasteiger partial charge on any atom is -0.391 e. The molecule has 1 aliphatic carbocycles. The molecule has 5 heteroatoms. The first-order valence-corrected chi connectivity index (χ1v) is 8.76. The van der Waals surface area contributed by atoms with E-state index in [1.54, 1.807) is 0 Å². The molecule has 2 aliphatic rings. The third-order valence-electron chi connectivity index (χ3n) is 4.77. The number of nitrogens with one attached hydrogen (secondary N) is 2. The molecule has 1 aromatic carbocycles. The molecule has 0 spiro atoms. The molecule has 1 unspecified atom stereocenters. The standard InChI is InChI=1S/C18H27N3O2/c22-17(14-8-9-14)13-20-18(23)19-12-15-6-2-3-7-16(15)21-10-4-1-5-11-21/h2-3,6-7,14,17,22H,1,4-5,8-13H2,(H2,19,20,23). The summed E-state index contributed by atoms with van der Waals surface area (Å²) in [5, 5.41) is 15.5. The van der Waals surface area contributed by atoms with Crippen LogP contribution in [0, 0.1) is 5.92 Å². The number of anilines is 1. The van der Waals surface area contributed by atoms with Crippen LogP contribution in [-0.4, -0.2) is 36.9 Å². The van der Waals surface area contributed by atoms with E-state index in [1.807, 2.05) is 6.07 Å². The van der Waals surface area contributed by atoms with Crippen LogP contribution in [0.1, 0.15) is 37.7 Å². The van der Waals surface area contributed by atoms with Gasteiger partial charge < -0.3 is 20.6 Å². The lowest BCUT2D eigenvalue weighted by atomic mass is 10.1. The zero-order valence-electron chi connectivity index (χ0n) is 13.6. The van der Waals surface area contributed by atoms with Gasteiger partial charge in [0.25, 0.3) is 0 Å². The van der Waals surface area contributed by atoms with Crippen LogP contribution in [0.5, 0.6) is 0 Å². The van der Waals surface area contributed by atoms with E-state index in [-0.39, 0.29) is 6.03 Å². The number of hydrogen-bond donors (Lipinski definition) is 3. The van der Waals surface area contributed by atoms with Gasteiger partial charge in [-0.3, -0.25) is 0 Å². The van der Waals surface area contributed by atoms with Gasteiger partial charge in [-0.15, -0.1) is 0 Å². The van der Waals surface area contributed by atoms with E-state index in [9.17, 15) is 9.90 Å². The Bertz CT molecular complexity index is 525. The molecule has 2 fully saturated rings. The van der Waals surface area contributed by atoms with Crippen molar-refractivity contribution in [3.8, 4) is 0 Å². The highest BCUT2D eigenvalue weighted by atomic mass is 16.3. The van der Waals surface area contributed by atoms with E-state index in [0.717, 1.165) is 31.5 Å². The van der Waals surface area contributed by atoms with Crippen molar-refractivity contribution >= 4 is 11.7 Å². The number of para-hydroxylation sites is 1. The number of benzene rings is 1. The van der Waals surface area contributed by atoms with Crippen LogP contribution in [0.3, 0.4) is 0 Å². The lowest BCUT2D eigenvalue weighted by Crippen LogP contribution is -2.40. The Morgan fingerprint density at radius 3 is 2.65 bits per heavy atom. The van der Waals surface area contributed by atoms with E-state index in [4.69, 9.17) is 0 Å². The summed E-state index contributed by atoms with van der Waals surface area (Å²) >= 11 is 0. The maximum absolute atomic E-state index is 11.9. The van der Waals surface area contributed by atoms with Crippen molar-refractivity contribution in [2.45, 2.75) is 44.8 Å². The number of piperidine rings is 1. The van der Waals surface area contributed by atoms with E-state index >= 15 is 0 Å². The Hall–Kier alpha value is -1.75. The van der Waals surface area contributed by atoms with Gasteiger partial charge in [0.2, 0.25) is 0 Å². The number of nitrogens with zero attached hydrogens (tertiary/aromatic N) is 1. The van der Waals surface area contributed by atoms with E-state index in [0.29, 0.717) is 19.0 Å². The van der Waals surface area contributed by atoms with Gasteiger partial charge in [-0.25, -0.2) is 4.79 Å². The average Bonchev–Trinajstić information content (AvgIpc) is 3.44. The molecule has 0 aromatic heterocycles. The Morgan fingerprint density at radius 1 is 1.17 bits per heavy atom. The van der Waals surface area contributed by atoms with Crippen molar-refractivity contribution in [2.24, 2.45) is 5.92 Å². The Morgan fingerprint density at radius 2 is 1.91 bits per heavy atom. The van der Waals surface area contributed by atoms with Crippen LogP contribution in [-0.2, 0) is 6.54 Å². The first-order valence-electron chi connectivity index (χ1n) is 8.76. The Kier molecular flexibility index (Phi) is 5.39. The topological polar surface area (TPSA) is 64.6 Å². The third-order valence-corrected chi connectivity index (χ3v) is 4.77. The maximum Gasteiger partial charge on any atom is 0.315 e. The SMILES string of the molecule is O=C(NCc1ccccc1N1CCCCC1)NCC(O)C1CC1. The molecule has 1 aromatic rings. The zero-order chi connectivity index (χ0) is 16.1. The monoisotopic (exact) mass is 317 g/mol. The van der Waals surface area contributed by atoms with Crippen LogP contribution in [0.4, 0.5) is 10.5 Å². The second kappa shape index (κ2) is 7.68. The number of aliphatic hydroxyl groups is 1. The van der Waals surface area contributed by atoms with Crippen molar-refractivity contribution in [2.75, 3.05) is 24.5 Å². The largest absolute Gasteiger partial charge is 0.391 e. The molecule has 23 heavy (non-hydrogen) atoms. The molecular formula is C18H27N3O2. The van der Waals surface area contributed by atoms with E-state index in [2.05, 4.69) is 33.7 Å². The summed E-state index contributed by atoms with van der Waals surface area (Å²) in [4.78, 5) is 14.3. The van der Waals surface area contributed by atoms with Crippen LogP contribution in [0.2, 0.25) is 0 Å². The molecule has 1 aliphatic heterocycles. The normalized spacial score (nSPS) is 19.3. The summed E-state index contributed by atoms with van der Waals surface area (Å²) in [5.74, 6) is 0.384. The fraction of sp³-hybridized carbons (Fsp3) is 0.611. The number of amides is 2. The number of hydrogen-bond acceptors (Lipinski definition) is 3. The number of carbonyl (C=O) groups excluding carboxylic acids is 1. The average molecular weight is 317 g/mol. The summed E-state index contributed by atoms with van der Waals surface area (Å²) in [7, 11) is 0. The van der Waals surface area contributed by atoms with Crippen molar-refractivity contribution < 1.29 is 9.90 Å². The quantitative estimate of drug-likeness (QED) is 0.754. The second-order valence-corrected chi connectivity index (χ2v) is 6.64. The highest BCUT2D eigenvalue weighted by Gasteiger charge is 2.29. The number of rotatable bonds is 6. The highest BCUT2D eigenvalue weighted by Crippen LogP contribution is 2.32. The van der Waals surface area contributed by atoms with Gasteiger partial charge in [0.05, 0.1) is 6.10 Å². The molecule has 2 amide bonds. The summed E-state index contributed by atoms with van der Waals surface area (Å²) in [6.45, 7) is 3.04. The van der Waals surface area contributed by atoms with E-state index < -0.39 is 6.10 Å². The molecule has 1 saturated carbocycles. The Balaban J connectivity index is 1.50. The van der Waals surface area contributed by atoms with Gasteiger partial charge in [-0.1, -0.05) is 18.2 Å². The minimum atomic E-state index is -0.401. The van der Waals surface area contributed by atoms with Gasteiger partial charge in [-0.2, -0.15) is 0 Å². The maximum atomic E-state index is 11.9. The second-order valence-electron chi connectivity index (χ2n) is 6.64. The predicted molar refractivity (Wildman–Crippen MR) is 91.5 cm³/mol. The molecule has 1 atom stereocenters. The molecular weight excluding hydrogens is 290 g/mol. The predicted octanol–water partition coefficient (Wildman–Crippen LogP) is 2.25. The van der Waals surface area contributed by atoms with Gasteiger partial charge in [0, 0.05) is 31.9 Å². The summed E-state index contributed by atoms with van der Waals surface area (Å²) in [6, 6.07) is 8.07. The van der Waals surface area contributed by atoms with Crippen molar-refractivity contribution in [1.82, 2.24) is 10.6 Å². The summed E-state index contributed by atoms with van der Waals surface area (Å²) < 4.78 is 0. The fourth-order valence-electron chi connectivity index (χ4n) is 3.19. The molecule has 0 bridgehead atoms. The first-order chi connectivity index (χ1) is 11.2. The third kappa shape index (κ3) is 4.61.